The molecule has 2 rings (SSSR count). The molecule has 0 fully saturated rings. The minimum atomic E-state index is -0.517. The van der Waals surface area contributed by atoms with Crippen LogP contribution >= 0.6 is 24.0 Å². The van der Waals surface area contributed by atoms with E-state index in [0.29, 0.717) is 5.69 Å². The molecule has 1 amide bonds. The molecule has 0 saturated heterocycles. The number of anilines is 1. The molecule has 1 aromatic carbocycles. The SMILES string of the molecule is CN=C(NCCCc1c(C)noc1C)NCCc1ccc(NC(=O)OC(C)(C)C)cc1.I. The van der Waals surface area contributed by atoms with Crippen LogP contribution in [0.4, 0.5) is 10.5 Å². The average molecular weight is 557 g/mol. The summed E-state index contributed by atoms with van der Waals surface area (Å²) in [5, 5.41) is 13.4. The van der Waals surface area contributed by atoms with Crippen LogP contribution in [0.25, 0.3) is 0 Å². The molecular weight excluding hydrogens is 521 g/mol. The summed E-state index contributed by atoms with van der Waals surface area (Å²) < 4.78 is 10.5. The second kappa shape index (κ2) is 13.3. The molecule has 9 heteroatoms. The number of rotatable bonds is 8. The van der Waals surface area contributed by atoms with Crippen molar-refractivity contribution in [3.05, 3.63) is 46.8 Å². The number of carbonyl (C=O) groups is 1. The fraction of sp³-hybridized carbons (Fsp3) is 0.522. The Morgan fingerprint density at radius 2 is 1.75 bits per heavy atom. The third kappa shape index (κ3) is 9.88. The van der Waals surface area contributed by atoms with Gasteiger partial charge in [0.1, 0.15) is 11.4 Å². The van der Waals surface area contributed by atoms with Crippen LogP contribution in [0.15, 0.2) is 33.8 Å². The molecule has 0 aliphatic carbocycles. The number of hydrogen-bond donors (Lipinski definition) is 3. The molecule has 0 radical (unpaired) electrons. The zero-order valence-electron chi connectivity index (χ0n) is 19.9. The van der Waals surface area contributed by atoms with Crippen molar-refractivity contribution in [1.29, 1.82) is 0 Å². The predicted octanol–water partition coefficient (Wildman–Crippen LogP) is 4.60. The summed E-state index contributed by atoms with van der Waals surface area (Å²) in [4.78, 5) is 16.1. The molecule has 32 heavy (non-hydrogen) atoms. The van der Waals surface area contributed by atoms with Crippen molar-refractivity contribution in [2.24, 2.45) is 4.99 Å². The second-order valence-electron chi connectivity index (χ2n) is 8.41. The summed E-state index contributed by atoms with van der Waals surface area (Å²) in [6.07, 6.45) is 2.28. The summed E-state index contributed by atoms with van der Waals surface area (Å²) in [7, 11) is 1.76. The first-order valence-electron chi connectivity index (χ1n) is 10.6. The van der Waals surface area contributed by atoms with Crippen LogP contribution in [0.2, 0.25) is 0 Å². The lowest BCUT2D eigenvalue weighted by Gasteiger charge is -2.19. The fourth-order valence-corrected chi connectivity index (χ4v) is 3.05. The Morgan fingerprint density at radius 3 is 2.31 bits per heavy atom. The Morgan fingerprint density at radius 1 is 1.09 bits per heavy atom. The third-order valence-corrected chi connectivity index (χ3v) is 4.61. The van der Waals surface area contributed by atoms with Gasteiger partial charge in [0.2, 0.25) is 0 Å². The maximum atomic E-state index is 11.8. The summed E-state index contributed by atoms with van der Waals surface area (Å²) in [6, 6.07) is 7.74. The van der Waals surface area contributed by atoms with E-state index in [4.69, 9.17) is 9.26 Å². The smallest absolute Gasteiger partial charge is 0.412 e. The number of aliphatic imine (C=N–C) groups is 1. The first-order chi connectivity index (χ1) is 14.7. The maximum absolute atomic E-state index is 11.8. The Labute approximate surface area is 208 Å². The van der Waals surface area contributed by atoms with Crippen molar-refractivity contribution < 1.29 is 14.1 Å². The Balaban J connectivity index is 0.00000512. The molecule has 178 valence electrons. The van der Waals surface area contributed by atoms with Crippen LogP contribution in [0, 0.1) is 13.8 Å². The average Bonchev–Trinajstić information content (AvgIpc) is 3.01. The largest absolute Gasteiger partial charge is 0.444 e. The number of amides is 1. The van der Waals surface area contributed by atoms with Gasteiger partial charge in [-0.05, 0) is 71.6 Å². The van der Waals surface area contributed by atoms with E-state index in [0.717, 1.165) is 55.3 Å². The van der Waals surface area contributed by atoms with Crippen LogP contribution in [0.5, 0.6) is 0 Å². The minimum absolute atomic E-state index is 0. The standard InChI is InChI=1S/C23H35N5O3.HI/c1-16-20(17(2)31-28-16)8-7-14-25-21(24-6)26-15-13-18-9-11-19(12-10-18)27-22(29)30-23(3,4)5;/h9-12H,7-8,13-15H2,1-6H3,(H,27,29)(H2,24,25,26);1H. The van der Waals surface area contributed by atoms with Crippen LogP contribution in [0.1, 0.15) is 49.8 Å². The first kappa shape index (κ1) is 27.7. The zero-order valence-corrected chi connectivity index (χ0v) is 22.2. The fourth-order valence-electron chi connectivity index (χ4n) is 3.05. The molecule has 0 saturated carbocycles. The number of nitrogens with zero attached hydrogens (tertiary/aromatic N) is 2. The quantitative estimate of drug-likeness (QED) is 0.190. The lowest BCUT2D eigenvalue weighted by molar-refractivity contribution is 0.0636. The number of ether oxygens (including phenoxy) is 1. The molecule has 1 heterocycles. The van der Waals surface area contributed by atoms with Gasteiger partial charge >= 0.3 is 6.09 Å². The summed E-state index contributed by atoms with van der Waals surface area (Å²) in [6.45, 7) is 11.0. The molecule has 2 aromatic rings. The van der Waals surface area contributed by atoms with Crippen molar-refractivity contribution in [1.82, 2.24) is 15.8 Å². The van der Waals surface area contributed by atoms with E-state index in [1.165, 1.54) is 5.56 Å². The van der Waals surface area contributed by atoms with Gasteiger partial charge in [0.15, 0.2) is 5.96 Å². The molecule has 3 N–H and O–H groups in total. The van der Waals surface area contributed by atoms with Crippen molar-refractivity contribution in [2.75, 3.05) is 25.5 Å². The van der Waals surface area contributed by atoms with Crippen LogP contribution in [0.3, 0.4) is 0 Å². The van der Waals surface area contributed by atoms with Crippen LogP contribution < -0.4 is 16.0 Å². The summed E-state index contributed by atoms with van der Waals surface area (Å²) >= 11 is 0. The zero-order chi connectivity index (χ0) is 22.9. The molecule has 0 atom stereocenters. The van der Waals surface area contributed by atoms with E-state index >= 15 is 0 Å². The van der Waals surface area contributed by atoms with Gasteiger partial charge in [-0.15, -0.1) is 24.0 Å². The topological polar surface area (TPSA) is 101 Å². The minimum Gasteiger partial charge on any atom is -0.444 e. The number of hydrogen-bond acceptors (Lipinski definition) is 5. The number of carbonyl (C=O) groups excluding carboxylic acids is 1. The molecule has 0 bridgehead atoms. The van der Waals surface area contributed by atoms with Crippen molar-refractivity contribution in [2.45, 2.75) is 59.5 Å². The lowest BCUT2D eigenvalue weighted by atomic mass is 10.1. The Bertz CT molecular complexity index is 853. The van der Waals surface area contributed by atoms with Gasteiger partial charge in [0, 0.05) is 31.4 Å². The van der Waals surface area contributed by atoms with Gasteiger partial charge < -0.3 is 19.9 Å². The van der Waals surface area contributed by atoms with E-state index in [1.54, 1.807) is 7.05 Å². The third-order valence-electron chi connectivity index (χ3n) is 4.61. The van der Waals surface area contributed by atoms with Gasteiger partial charge in [0.25, 0.3) is 0 Å². The van der Waals surface area contributed by atoms with Crippen LogP contribution in [-0.2, 0) is 17.6 Å². The van der Waals surface area contributed by atoms with Crippen molar-refractivity contribution >= 4 is 41.7 Å². The van der Waals surface area contributed by atoms with E-state index < -0.39 is 11.7 Å². The highest BCUT2D eigenvalue weighted by Crippen LogP contribution is 2.14. The Kier molecular flexibility index (Phi) is 11.5. The van der Waals surface area contributed by atoms with E-state index in [9.17, 15) is 4.79 Å². The first-order valence-corrected chi connectivity index (χ1v) is 10.6. The number of aromatic nitrogens is 1. The summed E-state index contributed by atoms with van der Waals surface area (Å²) in [5.74, 6) is 1.68. The molecule has 1 aromatic heterocycles. The summed E-state index contributed by atoms with van der Waals surface area (Å²) in [5.41, 5.74) is 3.51. The highest BCUT2D eigenvalue weighted by Gasteiger charge is 2.16. The van der Waals surface area contributed by atoms with E-state index in [2.05, 4.69) is 26.1 Å². The molecule has 0 aliphatic rings. The predicted molar refractivity (Wildman–Crippen MR) is 139 cm³/mol. The second-order valence-corrected chi connectivity index (χ2v) is 8.41. The number of benzene rings is 1. The highest BCUT2D eigenvalue weighted by atomic mass is 127. The van der Waals surface area contributed by atoms with Crippen molar-refractivity contribution in [3.63, 3.8) is 0 Å². The molecule has 8 nitrogen and oxygen atoms in total. The number of halogens is 1. The molecule has 0 unspecified atom stereocenters. The lowest BCUT2D eigenvalue weighted by Crippen LogP contribution is -2.38. The number of nitrogens with one attached hydrogen (secondary N) is 3. The molecule has 0 aliphatic heterocycles. The molecular formula is C23H36IN5O3. The molecule has 0 spiro atoms. The number of guanidine groups is 1. The highest BCUT2D eigenvalue weighted by molar-refractivity contribution is 14.0. The normalized spacial score (nSPS) is 11.5. The maximum Gasteiger partial charge on any atom is 0.412 e. The Hall–Kier alpha value is -2.30. The van der Waals surface area contributed by atoms with Crippen molar-refractivity contribution in [3.8, 4) is 0 Å². The van der Waals surface area contributed by atoms with Crippen LogP contribution in [-0.4, -0.2) is 42.9 Å². The monoisotopic (exact) mass is 557 g/mol. The van der Waals surface area contributed by atoms with Gasteiger partial charge in [-0.25, -0.2) is 4.79 Å². The van der Waals surface area contributed by atoms with Gasteiger partial charge in [0.05, 0.1) is 5.69 Å². The van der Waals surface area contributed by atoms with Gasteiger partial charge in [-0.2, -0.15) is 0 Å². The van der Waals surface area contributed by atoms with Gasteiger partial charge in [-0.1, -0.05) is 17.3 Å². The van der Waals surface area contributed by atoms with E-state index in [1.807, 2.05) is 58.9 Å². The van der Waals surface area contributed by atoms with E-state index in [-0.39, 0.29) is 24.0 Å². The van der Waals surface area contributed by atoms with Gasteiger partial charge in [-0.3, -0.25) is 10.3 Å². The number of aryl methyl sites for hydroxylation is 2.